The zero-order chi connectivity index (χ0) is 13.2. The summed E-state index contributed by atoms with van der Waals surface area (Å²) in [7, 11) is 0. The normalized spacial score (nSPS) is 12.2. The molecule has 1 rings (SSSR count). The fourth-order valence-electron chi connectivity index (χ4n) is 1.70. The van der Waals surface area contributed by atoms with Crippen LogP contribution in [0.4, 0.5) is 0 Å². The molecule has 0 fully saturated rings. The van der Waals surface area contributed by atoms with Crippen molar-refractivity contribution in [2.75, 3.05) is 0 Å². The molecule has 1 aromatic carbocycles. The molecule has 92 valence electrons. The van der Waals surface area contributed by atoms with Gasteiger partial charge in [0.15, 0.2) is 5.78 Å². The Labute approximate surface area is 100 Å². The summed E-state index contributed by atoms with van der Waals surface area (Å²) in [6, 6.07) is 2.58. The largest absolute Gasteiger partial charge is 0.481 e. The molecule has 0 amide bonds. The van der Waals surface area contributed by atoms with Gasteiger partial charge in [0.2, 0.25) is 0 Å². The molecule has 0 aliphatic carbocycles. The third-order valence-corrected chi connectivity index (χ3v) is 3.05. The number of carboxylic acid groups (broad SMARTS) is 1. The van der Waals surface area contributed by atoms with Crippen molar-refractivity contribution in [1.29, 1.82) is 0 Å². The van der Waals surface area contributed by atoms with Crippen LogP contribution in [0, 0.1) is 20.8 Å². The summed E-state index contributed by atoms with van der Waals surface area (Å²) in [5, 5.41) is 8.62. The number of benzene rings is 1. The fraction of sp³-hybridized carbons (Fsp3) is 0.385. The minimum atomic E-state index is -1.06. The molecule has 3 N–H and O–H groups in total. The molecular formula is C13H17NO3. The number of Topliss-reactive ketones (excluding diaryl/α,β-unsaturated/α-hetero) is 1. The number of carboxylic acids is 1. The third kappa shape index (κ3) is 2.91. The van der Waals surface area contributed by atoms with Gasteiger partial charge < -0.3 is 10.8 Å². The number of aryl methyl sites for hydroxylation is 1. The van der Waals surface area contributed by atoms with Crippen LogP contribution < -0.4 is 5.73 Å². The quantitative estimate of drug-likeness (QED) is 0.777. The van der Waals surface area contributed by atoms with Crippen molar-refractivity contribution in [3.63, 3.8) is 0 Å². The van der Waals surface area contributed by atoms with Gasteiger partial charge in [0.1, 0.15) is 0 Å². The number of aliphatic carboxylic acids is 1. The highest BCUT2D eigenvalue weighted by Gasteiger charge is 2.21. The summed E-state index contributed by atoms with van der Waals surface area (Å²) >= 11 is 0. The van der Waals surface area contributed by atoms with E-state index in [-0.39, 0.29) is 12.2 Å². The summed E-state index contributed by atoms with van der Waals surface area (Å²) in [4.78, 5) is 22.5. The highest BCUT2D eigenvalue weighted by atomic mass is 16.4. The fourth-order valence-corrected chi connectivity index (χ4v) is 1.70. The number of carbonyl (C=O) groups is 2. The van der Waals surface area contributed by atoms with Gasteiger partial charge in [-0.05, 0) is 37.5 Å². The van der Waals surface area contributed by atoms with Crippen LogP contribution in [0.1, 0.15) is 33.5 Å². The Morgan fingerprint density at radius 1 is 1.24 bits per heavy atom. The number of rotatable bonds is 4. The molecule has 1 aromatic rings. The highest BCUT2D eigenvalue weighted by molar-refractivity contribution is 6.02. The lowest BCUT2D eigenvalue weighted by atomic mass is 9.93. The van der Waals surface area contributed by atoms with Crippen molar-refractivity contribution in [3.05, 3.63) is 34.4 Å². The molecule has 0 saturated carbocycles. The molecule has 0 aliphatic rings. The number of nitrogens with two attached hydrogens (primary N) is 1. The lowest BCUT2D eigenvalue weighted by molar-refractivity contribution is -0.137. The summed E-state index contributed by atoms with van der Waals surface area (Å²) < 4.78 is 0. The van der Waals surface area contributed by atoms with Gasteiger partial charge in [0.25, 0.3) is 0 Å². The molecular weight excluding hydrogens is 218 g/mol. The van der Waals surface area contributed by atoms with Crippen LogP contribution >= 0.6 is 0 Å². The Morgan fingerprint density at radius 2 is 1.82 bits per heavy atom. The number of hydrogen-bond acceptors (Lipinski definition) is 3. The van der Waals surface area contributed by atoms with E-state index in [0.717, 1.165) is 16.7 Å². The molecule has 0 heterocycles. The zero-order valence-corrected chi connectivity index (χ0v) is 10.3. The highest BCUT2D eigenvalue weighted by Crippen LogP contribution is 2.18. The van der Waals surface area contributed by atoms with Crippen LogP contribution in [0.5, 0.6) is 0 Å². The van der Waals surface area contributed by atoms with Crippen molar-refractivity contribution in [3.8, 4) is 0 Å². The smallest absolute Gasteiger partial charge is 0.305 e. The molecule has 17 heavy (non-hydrogen) atoms. The predicted molar refractivity (Wildman–Crippen MR) is 65.2 cm³/mol. The molecule has 4 nitrogen and oxygen atoms in total. The molecule has 0 saturated heterocycles. The number of hydrogen-bond donors (Lipinski definition) is 2. The Kier molecular flexibility index (Phi) is 4.02. The molecule has 0 radical (unpaired) electrons. The van der Waals surface area contributed by atoms with E-state index < -0.39 is 12.0 Å². The van der Waals surface area contributed by atoms with Crippen LogP contribution in [0.3, 0.4) is 0 Å². The van der Waals surface area contributed by atoms with Crippen molar-refractivity contribution in [2.24, 2.45) is 5.73 Å². The molecule has 1 unspecified atom stereocenters. The topological polar surface area (TPSA) is 80.4 Å². The van der Waals surface area contributed by atoms with E-state index in [1.165, 1.54) is 0 Å². The lowest BCUT2D eigenvalue weighted by Gasteiger charge is -2.13. The predicted octanol–water partition coefficient (Wildman–Crippen LogP) is 1.60. The summed E-state index contributed by atoms with van der Waals surface area (Å²) in [5.41, 5.74) is 9.11. The Hall–Kier alpha value is -1.68. The Bertz CT molecular complexity index is 466. The Morgan fingerprint density at radius 3 is 2.35 bits per heavy atom. The molecule has 1 atom stereocenters. The molecule has 0 bridgehead atoms. The Balaban J connectivity index is 3.05. The van der Waals surface area contributed by atoms with Gasteiger partial charge in [-0.25, -0.2) is 0 Å². The van der Waals surface area contributed by atoms with Crippen molar-refractivity contribution < 1.29 is 14.7 Å². The first-order valence-electron chi connectivity index (χ1n) is 5.43. The average molecular weight is 235 g/mol. The molecule has 4 heteroatoms. The van der Waals surface area contributed by atoms with Gasteiger partial charge in [-0.15, -0.1) is 0 Å². The first kappa shape index (κ1) is 13.4. The monoisotopic (exact) mass is 235 g/mol. The van der Waals surface area contributed by atoms with Crippen LogP contribution in [0.25, 0.3) is 0 Å². The van der Waals surface area contributed by atoms with E-state index in [2.05, 4.69) is 0 Å². The van der Waals surface area contributed by atoms with E-state index >= 15 is 0 Å². The maximum atomic E-state index is 12.0. The maximum absolute atomic E-state index is 12.0. The number of ketones is 1. The second-order valence-corrected chi connectivity index (χ2v) is 4.25. The average Bonchev–Trinajstić information content (AvgIpc) is 2.24. The van der Waals surface area contributed by atoms with E-state index in [4.69, 9.17) is 10.8 Å². The summed E-state index contributed by atoms with van der Waals surface area (Å²) in [6.07, 6.45) is -0.342. The summed E-state index contributed by atoms with van der Waals surface area (Å²) in [6.45, 7) is 5.75. The van der Waals surface area contributed by atoms with Gasteiger partial charge in [0, 0.05) is 5.56 Å². The van der Waals surface area contributed by atoms with Gasteiger partial charge in [-0.3, -0.25) is 9.59 Å². The molecule has 0 aromatic heterocycles. The van der Waals surface area contributed by atoms with Gasteiger partial charge in [-0.2, -0.15) is 0 Å². The van der Waals surface area contributed by atoms with E-state index in [1.807, 2.05) is 26.8 Å². The van der Waals surface area contributed by atoms with Gasteiger partial charge >= 0.3 is 5.97 Å². The van der Waals surface area contributed by atoms with Crippen molar-refractivity contribution in [2.45, 2.75) is 33.2 Å². The molecule has 0 spiro atoms. The van der Waals surface area contributed by atoms with Gasteiger partial charge in [0.05, 0.1) is 12.5 Å². The number of carbonyl (C=O) groups excluding carboxylic acids is 1. The van der Waals surface area contributed by atoms with Crippen LogP contribution in [0.15, 0.2) is 12.1 Å². The second-order valence-electron chi connectivity index (χ2n) is 4.25. The van der Waals surface area contributed by atoms with E-state index in [9.17, 15) is 9.59 Å². The van der Waals surface area contributed by atoms with Crippen LogP contribution in [0.2, 0.25) is 0 Å². The van der Waals surface area contributed by atoms with Crippen molar-refractivity contribution >= 4 is 11.8 Å². The summed E-state index contributed by atoms with van der Waals surface area (Å²) in [5.74, 6) is -1.37. The van der Waals surface area contributed by atoms with E-state index in [1.54, 1.807) is 6.07 Å². The van der Waals surface area contributed by atoms with Crippen molar-refractivity contribution in [1.82, 2.24) is 0 Å². The first-order chi connectivity index (χ1) is 7.84. The van der Waals surface area contributed by atoms with E-state index in [0.29, 0.717) is 5.56 Å². The second kappa shape index (κ2) is 5.10. The van der Waals surface area contributed by atoms with Crippen LogP contribution in [-0.4, -0.2) is 22.9 Å². The lowest BCUT2D eigenvalue weighted by Crippen LogP contribution is -2.33. The first-order valence-corrected chi connectivity index (χ1v) is 5.43. The third-order valence-electron chi connectivity index (χ3n) is 3.05. The minimum Gasteiger partial charge on any atom is -0.481 e. The standard InChI is InChI=1S/C13H17NO3/c1-7-4-5-10(9(3)8(7)2)13(17)11(14)6-12(15)16/h4-5,11H,6,14H2,1-3H3,(H,15,16). The SMILES string of the molecule is Cc1ccc(C(=O)C(N)CC(=O)O)c(C)c1C. The van der Waals surface area contributed by atoms with Gasteiger partial charge in [-0.1, -0.05) is 12.1 Å². The zero-order valence-electron chi connectivity index (χ0n) is 10.3. The maximum Gasteiger partial charge on any atom is 0.305 e. The van der Waals surface area contributed by atoms with Crippen LogP contribution in [-0.2, 0) is 4.79 Å². The minimum absolute atomic E-state index is 0.312. The molecule has 0 aliphatic heterocycles.